The van der Waals surface area contributed by atoms with E-state index in [0.717, 1.165) is 12.0 Å². The fourth-order valence-corrected chi connectivity index (χ4v) is 4.16. The molecule has 1 aromatic rings. The molecule has 1 unspecified atom stereocenters. The first kappa shape index (κ1) is 19.9. The number of esters is 1. The van der Waals surface area contributed by atoms with E-state index in [1.807, 2.05) is 27.7 Å². The van der Waals surface area contributed by atoms with Crippen molar-refractivity contribution in [3.05, 3.63) is 29.8 Å². The summed E-state index contributed by atoms with van der Waals surface area (Å²) < 4.78 is 41.7. The van der Waals surface area contributed by atoms with Crippen LogP contribution in [0.3, 0.4) is 0 Å². The standard InChI is InChI=1S/C18H26O6S/c1-6-16-12(3)13(4)17(18(23-16)22-14(5)19)24-25(20,21)15-9-7-11(2)8-10-15/h7-10,12-13,16-18H,6H2,1-5H3/t12-,13-,16+,17+,18?/m0/s1. The van der Waals surface area contributed by atoms with Gasteiger partial charge in [-0.05, 0) is 37.3 Å². The average molecular weight is 370 g/mol. The highest BCUT2D eigenvalue weighted by Gasteiger charge is 2.45. The van der Waals surface area contributed by atoms with Crippen LogP contribution in [0.15, 0.2) is 29.2 Å². The Labute approximate surface area is 149 Å². The van der Waals surface area contributed by atoms with E-state index in [1.165, 1.54) is 19.1 Å². The molecule has 7 heteroatoms. The van der Waals surface area contributed by atoms with Gasteiger partial charge in [0.15, 0.2) is 0 Å². The maximum absolute atomic E-state index is 12.6. The topological polar surface area (TPSA) is 78.9 Å². The van der Waals surface area contributed by atoms with E-state index < -0.39 is 28.5 Å². The van der Waals surface area contributed by atoms with Crippen LogP contribution in [-0.2, 0) is 28.6 Å². The molecule has 0 radical (unpaired) electrons. The van der Waals surface area contributed by atoms with E-state index in [9.17, 15) is 13.2 Å². The van der Waals surface area contributed by atoms with Gasteiger partial charge in [0.05, 0.1) is 11.0 Å². The van der Waals surface area contributed by atoms with Crippen molar-refractivity contribution in [2.75, 3.05) is 0 Å². The molecule has 5 atom stereocenters. The summed E-state index contributed by atoms with van der Waals surface area (Å²) in [5.41, 5.74) is 0.950. The van der Waals surface area contributed by atoms with Gasteiger partial charge in [-0.25, -0.2) is 0 Å². The number of carbonyl (C=O) groups excluding carboxylic acids is 1. The maximum Gasteiger partial charge on any atom is 0.305 e. The highest BCUT2D eigenvalue weighted by Crippen LogP contribution is 2.36. The van der Waals surface area contributed by atoms with Crippen LogP contribution in [-0.4, -0.2) is 32.9 Å². The first-order chi connectivity index (χ1) is 11.7. The molecule has 140 valence electrons. The third-order valence-electron chi connectivity index (χ3n) is 4.74. The number of rotatable bonds is 5. The Bertz CT molecular complexity index is 697. The lowest BCUT2D eigenvalue weighted by Crippen LogP contribution is -2.52. The number of ether oxygens (including phenoxy) is 2. The van der Waals surface area contributed by atoms with Crippen molar-refractivity contribution >= 4 is 16.1 Å². The number of hydrogen-bond acceptors (Lipinski definition) is 6. The Morgan fingerprint density at radius 2 is 1.76 bits per heavy atom. The minimum absolute atomic E-state index is 0.0648. The third-order valence-corrected chi connectivity index (χ3v) is 6.07. The zero-order valence-electron chi connectivity index (χ0n) is 15.3. The van der Waals surface area contributed by atoms with Crippen molar-refractivity contribution in [1.29, 1.82) is 0 Å². The molecule has 6 nitrogen and oxygen atoms in total. The van der Waals surface area contributed by atoms with Crippen LogP contribution in [0.5, 0.6) is 0 Å². The first-order valence-electron chi connectivity index (χ1n) is 8.48. The van der Waals surface area contributed by atoms with Gasteiger partial charge in [0, 0.05) is 6.92 Å². The fraction of sp³-hybridized carbons (Fsp3) is 0.611. The number of carbonyl (C=O) groups is 1. The minimum atomic E-state index is -4.00. The molecule has 0 saturated carbocycles. The zero-order valence-corrected chi connectivity index (χ0v) is 16.1. The van der Waals surface area contributed by atoms with Gasteiger partial charge in [-0.2, -0.15) is 8.42 Å². The molecule has 1 aliphatic rings. The Balaban J connectivity index is 2.29. The van der Waals surface area contributed by atoms with Crippen LogP contribution in [0.1, 0.15) is 39.7 Å². The largest absolute Gasteiger partial charge is 0.433 e. The lowest BCUT2D eigenvalue weighted by Gasteiger charge is -2.43. The van der Waals surface area contributed by atoms with Crippen molar-refractivity contribution < 1.29 is 26.9 Å². The summed E-state index contributed by atoms with van der Waals surface area (Å²) in [4.78, 5) is 11.5. The molecular formula is C18H26O6S. The molecule has 1 heterocycles. The highest BCUT2D eigenvalue weighted by molar-refractivity contribution is 7.86. The molecule has 1 aromatic carbocycles. The molecule has 2 rings (SSSR count). The summed E-state index contributed by atoms with van der Waals surface area (Å²) in [7, 11) is -4.00. The molecular weight excluding hydrogens is 344 g/mol. The van der Waals surface area contributed by atoms with Gasteiger partial charge in [-0.1, -0.05) is 38.5 Å². The van der Waals surface area contributed by atoms with E-state index in [1.54, 1.807) is 12.1 Å². The first-order valence-corrected chi connectivity index (χ1v) is 9.89. The van der Waals surface area contributed by atoms with Crippen molar-refractivity contribution in [3.8, 4) is 0 Å². The summed E-state index contributed by atoms with van der Waals surface area (Å²) in [5.74, 6) is -0.638. The second-order valence-electron chi connectivity index (χ2n) is 6.61. The number of aryl methyl sites for hydroxylation is 1. The summed E-state index contributed by atoms with van der Waals surface area (Å²) in [5, 5.41) is 0. The Morgan fingerprint density at radius 1 is 1.16 bits per heavy atom. The van der Waals surface area contributed by atoms with Crippen molar-refractivity contribution in [2.45, 2.75) is 64.4 Å². The van der Waals surface area contributed by atoms with Gasteiger partial charge >= 0.3 is 5.97 Å². The van der Waals surface area contributed by atoms with Crippen LogP contribution < -0.4 is 0 Å². The lowest BCUT2D eigenvalue weighted by atomic mass is 9.82. The fourth-order valence-electron chi connectivity index (χ4n) is 3.03. The zero-order chi connectivity index (χ0) is 18.8. The lowest BCUT2D eigenvalue weighted by molar-refractivity contribution is -0.254. The van der Waals surface area contributed by atoms with E-state index in [-0.39, 0.29) is 22.8 Å². The maximum atomic E-state index is 12.6. The van der Waals surface area contributed by atoms with E-state index in [4.69, 9.17) is 13.7 Å². The molecule has 0 bridgehead atoms. The van der Waals surface area contributed by atoms with Gasteiger partial charge in [0.1, 0.15) is 6.10 Å². The molecule has 0 aromatic heterocycles. The van der Waals surface area contributed by atoms with Gasteiger partial charge in [-0.15, -0.1) is 0 Å². The molecule has 25 heavy (non-hydrogen) atoms. The minimum Gasteiger partial charge on any atom is -0.433 e. The van der Waals surface area contributed by atoms with Crippen LogP contribution in [0, 0.1) is 18.8 Å². The molecule has 0 spiro atoms. The third kappa shape index (κ3) is 4.59. The normalized spacial score (nSPS) is 30.0. The number of hydrogen-bond donors (Lipinski definition) is 0. The highest BCUT2D eigenvalue weighted by atomic mass is 32.2. The van der Waals surface area contributed by atoms with Crippen LogP contribution in [0.2, 0.25) is 0 Å². The molecule has 0 amide bonds. The smallest absolute Gasteiger partial charge is 0.305 e. The van der Waals surface area contributed by atoms with Crippen LogP contribution in [0.4, 0.5) is 0 Å². The van der Waals surface area contributed by atoms with E-state index in [0.29, 0.717) is 0 Å². The van der Waals surface area contributed by atoms with E-state index >= 15 is 0 Å². The summed E-state index contributed by atoms with van der Waals surface area (Å²) in [6.45, 7) is 8.98. The summed E-state index contributed by atoms with van der Waals surface area (Å²) in [6.07, 6.45) is -1.33. The Kier molecular flexibility index (Phi) is 6.24. The van der Waals surface area contributed by atoms with Crippen molar-refractivity contribution in [2.24, 2.45) is 11.8 Å². The van der Waals surface area contributed by atoms with Crippen molar-refractivity contribution in [1.82, 2.24) is 0 Å². The number of benzene rings is 1. The Morgan fingerprint density at radius 3 is 2.28 bits per heavy atom. The average Bonchev–Trinajstić information content (AvgIpc) is 2.54. The SMILES string of the molecule is CC[C@H]1OC(OC(C)=O)[C@H](OS(=O)(=O)c2ccc(C)cc2)[C@@H](C)[C@@H]1C. The second kappa shape index (κ2) is 7.85. The second-order valence-corrected chi connectivity index (χ2v) is 8.18. The van der Waals surface area contributed by atoms with Crippen LogP contribution in [0.25, 0.3) is 0 Å². The summed E-state index contributed by atoms with van der Waals surface area (Å²) in [6, 6.07) is 6.41. The molecule has 1 fully saturated rings. The molecule has 0 N–H and O–H groups in total. The van der Waals surface area contributed by atoms with Crippen LogP contribution >= 0.6 is 0 Å². The van der Waals surface area contributed by atoms with Gasteiger partial charge in [0.25, 0.3) is 10.1 Å². The molecule has 1 aliphatic heterocycles. The quantitative estimate of drug-likeness (QED) is 0.585. The monoisotopic (exact) mass is 370 g/mol. The summed E-state index contributed by atoms with van der Waals surface area (Å²) >= 11 is 0. The molecule has 0 aliphatic carbocycles. The van der Waals surface area contributed by atoms with Crippen molar-refractivity contribution in [3.63, 3.8) is 0 Å². The van der Waals surface area contributed by atoms with Gasteiger partial charge in [-0.3, -0.25) is 8.98 Å². The Hall–Kier alpha value is -1.44. The van der Waals surface area contributed by atoms with Gasteiger partial charge in [0.2, 0.25) is 6.29 Å². The predicted octanol–water partition coefficient (Wildman–Crippen LogP) is 3.04. The van der Waals surface area contributed by atoms with Gasteiger partial charge < -0.3 is 9.47 Å². The van der Waals surface area contributed by atoms with E-state index in [2.05, 4.69) is 0 Å². The molecule has 1 saturated heterocycles. The predicted molar refractivity (Wildman–Crippen MR) is 92.3 cm³/mol.